The molecular weight excluding hydrogens is 243 g/mol. The number of benzene rings is 1. The van der Waals surface area contributed by atoms with Gasteiger partial charge >= 0.3 is 0 Å². The predicted molar refractivity (Wildman–Crippen MR) is 68.4 cm³/mol. The van der Waals surface area contributed by atoms with Crippen LogP contribution in [0, 0.1) is 0 Å². The lowest BCUT2D eigenvalue weighted by Crippen LogP contribution is -2.03. The molecule has 1 heterocycles. The molecule has 3 heteroatoms. The van der Waals surface area contributed by atoms with E-state index in [2.05, 4.69) is 13.8 Å². The number of hydrogen-bond acceptors (Lipinski definition) is 1. The van der Waals surface area contributed by atoms with Gasteiger partial charge in [0.2, 0.25) is 0 Å². The molecule has 16 heavy (non-hydrogen) atoms. The SMILES string of the molecule is CCC(CC1OC1C)c1cc(Cl)ccc1Cl. The maximum atomic E-state index is 6.21. The molecule has 1 aromatic carbocycles. The van der Waals surface area contributed by atoms with E-state index in [0.717, 1.165) is 28.5 Å². The molecule has 1 aromatic rings. The van der Waals surface area contributed by atoms with Crippen molar-refractivity contribution in [3.8, 4) is 0 Å². The van der Waals surface area contributed by atoms with Crippen LogP contribution in [0.25, 0.3) is 0 Å². The van der Waals surface area contributed by atoms with Crippen LogP contribution < -0.4 is 0 Å². The van der Waals surface area contributed by atoms with Crippen molar-refractivity contribution >= 4 is 23.2 Å². The summed E-state index contributed by atoms with van der Waals surface area (Å²) in [7, 11) is 0. The second-order valence-electron chi connectivity index (χ2n) is 4.39. The van der Waals surface area contributed by atoms with E-state index in [1.165, 1.54) is 0 Å². The molecule has 3 atom stereocenters. The second-order valence-corrected chi connectivity index (χ2v) is 5.23. The molecule has 3 unspecified atom stereocenters. The molecule has 2 rings (SSSR count). The van der Waals surface area contributed by atoms with E-state index in [-0.39, 0.29) is 0 Å². The van der Waals surface area contributed by atoms with Gasteiger partial charge in [-0.15, -0.1) is 0 Å². The molecule has 0 amide bonds. The Morgan fingerprint density at radius 1 is 1.38 bits per heavy atom. The van der Waals surface area contributed by atoms with Crippen molar-refractivity contribution in [1.29, 1.82) is 0 Å². The Labute approximate surface area is 107 Å². The highest BCUT2D eigenvalue weighted by Gasteiger charge is 2.36. The topological polar surface area (TPSA) is 12.5 Å². The van der Waals surface area contributed by atoms with Crippen molar-refractivity contribution in [2.45, 2.75) is 44.8 Å². The van der Waals surface area contributed by atoms with Crippen molar-refractivity contribution in [3.05, 3.63) is 33.8 Å². The summed E-state index contributed by atoms with van der Waals surface area (Å²) in [5.74, 6) is 0.446. The highest BCUT2D eigenvalue weighted by molar-refractivity contribution is 6.33. The smallest absolute Gasteiger partial charge is 0.0844 e. The average Bonchev–Trinajstić information content (AvgIpc) is 2.95. The van der Waals surface area contributed by atoms with Gasteiger partial charge in [-0.2, -0.15) is 0 Å². The van der Waals surface area contributed by atoms with E-state index in [0.29, 0.717) is 18.1 Å². The molecule has 0 radical (unpaired) electrons. The Hall–Kier alpha value is -0.240. The van der Waals surface area contributed by atoms with Crippen LogP contribution in [0.2, 0.25) is 10.0 Å². The molecule has 1 saturated heterocycles. The van der Waals surface area contributed by atoms with Gasteiger partial charge in [-0.1, -0.05) is 30.1 Å². The summed E-state index contributed by atoms with van der Waals surface area (Å²) in [6.45, 7) is 4.28. The lowest BCUT2D eigenvalue weighted by molar-refractivity contribution is 0.357. The average molecular weight is 259 g/mol. The van der Waals surface area contributed by atoms with Crippen molar-refractivity contribution < 1.29 is 4.74 Å². The van der Waals surface area contributed by atoms with Crippen LogP contribution in [0.5, 0.6) is 0 Å². The van der Waals surface area contributed by atoms with Gasteiger partial charge in [0.15, 0.2) is 0 Å². The summed E-state index contributed by atoms with van der Waals surface area (Å²) in [5.41, 5.74) is 1.15. The molecule has 0 saturated carbocycles. The molecule has 0 spiro atoms. The fraction of sp³-hybridized carbons (Fsp3) is 0.538. The Kier molecular flexibility index (Phi) is 3.78. The first-order valence-corrected chi connectivity index (χ1v) is 6.47. The van der Waals surface area contributed by atoms with Crippen molar-refractivity contribution in [3.63, 3.8) is 0 Å². The van der Waals surface area contributed by atoms with E-state index in [1.807, 2.05) is 18.2 Å². The van der Waals surface area contributed by atoms with Crippen LogP contribution in [0.3, 0.4) is 0 Å². The van der Waals surface area contributed by atoms with Crippen molar-refractivity contribution in [2.75, 3.05) is 0 Å². The monoisotopic (exact) mass is 258 g/mol. The molecule has 1 fully saturated rings. The number of epoxide rings is 1. The van der Waals surface area contributed by atoms with Crippen LogP contribution in [0.15, 0.2) is 18.2 Å². The van der Waals surface area contributed by atoms with Crippen LogP contribution in [-0.4, -0.2) is 12.2 Å². The van der Waals surface area contributed by atoms with Crippen molar-refractivity contribution in [1.82, 2.24) is 0 Å². The lowest BCUT2D eigenvalue weighted by atomic mass is 9.91. The summed E-state index contributed by atoms with van der Waals surface area (Å²) < 4.78 is 5.46. The molecule has 1 nitrogen and oxygen atoms in total. The Balaban J connectivity index is 2.15. The van der Waals surface area contributed by atoms with Gasteiger partial charge in [0, 0.05) is 10.0 Å². The first kappa shape index (κ1) is 12.2. The minimum Gasteiger partial charge on any atom is -0.370 e. The summed E-state index contributed by atoms with van der Waals surface area (Å²) in [4.78, 5) is 0. The van der Waals surface area contributed by atoms with E-state index in [9.17, 15) is 0 Å². The minimum atomic E-state index is 0.403. The quantitative estimate of drug-likeness (QED) is 0.716. The zero-order valence-corrected chi connectivity index (χ0v) is 11.1. The highest BCUT2D eigenvalue weighted by Crippen LogP contribution is 2.37. The van der Waals surface area contributed by atoms with E-state index >= 15 is 0 Å². The molecule has 1 aliphatic heterocycles. The predicted octanol–water partition coefficient (Wildman–Crippen LogP) is 4.66. The van der Waals surface area contributed by atoms with E-state index in [4.69, 9.17) is 27.9 Å². The fourth-order valence-electron chi connectivity index (χ4n) is 2.10. The van der Waals surface area contributed by atoms with Crippen LogP contribution >= 0.6 is 23.2 Å². The third-order valence-corrected chi connectivity index (χ3v) is 3.82. The van der Waals surface area contributed by atoms with Crippen LogP contribution in [0.1, 0.15) is 38.2 Å². The van der Waals surface area contributed by atoms with Gasteiger partial charge < -0.3 is 4.74 Å². The number of halogens is 2. The van der Waals surface area contributed by atoms with E-state index in [1.54, 1.807) is 0 Å². The van der Waals surface area contributed by atoms with Crippen LogP contribution in [0.4, 0.5) is 0 Å². The van der Waals surface area contributed by atoms with E-state index < -0.39 is 0 Å². The van der Waals surface area contributed by atoms with Crippen LogP contribution in [-0.2, 0) is 4.74 Å². The number of hydrogen-bond donors (Lipinski definition) is 0. The van der Waals surface area contributed by atoms with Crippen molar-refractivity contribution in [2.24, 2.45) is 0 Å². The van der Waals surface area contributed by atoms with Gasteiger partial charge in [-0.25, -0.2) is 0 Å². The van der Waals surface area contributed by atoms with Gasteiger partial charge in [-0.3, -0.25) is 0 Å². The normalized spacial score (nSPS) is 25.5. The molecule has 1 aliphatic rings. The molecule has 88 valence electrons. The zero-order chi connectivity index (χ0) is 11.7. The number of rotatable bonds is 4. The first-order valence-electron chi connectivity index (χ1n) is 5.72. The molecule has 0 aliphatic carbocycles. The van der Waals surface area contributed by atoms with Gasteiger partial charge in [0.25, 0.3) is 0 Å². The Morgan fingerprint density at radius 2 is 2.06 bits per heavy atom. The highest BCUT2D eigenvalue weighted by atomic mass is 35.5. The maximum Gasteiger partial charge on any atom is 0.0844 e. The summed E-state index contributed by atoms with van der Waals surface area (Å²) in [6, 6.07) is 5.68. The van der Waals surface area contributed by atoms with Gasteiger partial charge in [0.05, 0.1) is 12.2 Å². The zero-order valence-electron chi connectivity index (χ0n) is 9.54. The minimum absolute atomic E-state index is 0.403. The largest absolute Gasteiger partial charge is 0.370 e. The third kappa shape index (κ3) is 2.71. The summed E-state index contributed by atoms with van der Waals surface area (Å²) in [5, 5.41) is 1.56. The second kappa shape index (κ2) is 4.95. The maximum absolute atomic E-state index is 6.21. The summed E-state index contributed by atoms with van der Waals surface area (Å²) >= 11 is 12.2. The Morgan fingerprint density at radius 3 is 2.62 bits per heavy atom. The molecule has 0 N–H and O–H groups in total. The summed E-state index contributed by atoms with van der Waals surface area (Å²) in [6.07, 6.45) is 2.91. The molecular formula is C13H16Cl2O. The van der Waals surface area contributed by atoms with Gasteiger partial charge in [-0.05, 0) is 49.4 Å². The number of ether oxygens (including phenoxy) is 1. The molecule has 0 bridgehead atoms. The molecule has 0 aromatic heterocycles. The Bertz CT molecular complexity index is 378. The fourth-order valence-corrected chi connectivity index (χ4v) is 2.55. The third-order valence-electron chi connectivity index (χ3n) is 3.24. The first-order chi connectivity index (χ1) is 7.61. The van der Waals surface area contributed by atoms with Gasteiger partial charge in [0.1, 0.15) is 0 Å². The lowest BCUT2D eigenvalue weighted by Gasteiger charge is -2.16. The standard InChI is InChI=1S/C13H16Cl2O/c1-3-9(6-13-8(2)16-13)11-7-10(14)4-5-12(11)15/h4-5,7-9,13H,3,6H2,1-2H3.